The molecule has 1 N–H and O–H groups in total. The van der Waals surface area contributed by atoms with Gasteiger partial charge in [0.2, 0.25) is 16.3 Å². The average molecular weight is 457 g/mol. The summed E-state index contributed by atoms with van der Waals surface area (Å²) >= 11 is 11.9. The van der Waals surface area contributed by atoms with Crippen LogP contribution in [0.15, 0.2) is 35.2 Å². The van der Waals surface area contributed by atoms with Gasteiger partial charge in [-0.25, -0.2) is 13.1 Å². The Bertz CT molecular complexity index is 1030. The first-order valence-corrected chi connectivity index (χ1v) is 11.7. The molecule has 0 radical (unpaired) electrons. The maximum Gasteiger partial charge on any atom is 0.242 e. The van der Waals surface area contributed by atoms with Crippen molar-refractivity contribution in [2.75, 3.05) is 19.6 Å². The maximum absolute atomic E-state index is 12.5. The van der Waals surface area contributed by atoms with Crippen molar-refractivity contribution in [3.63, 3.8) is 0 Å². The molecule has 29 heavy (non-hydrogen) atoms. The molecule has 0 saturated carbocycles. The number of hydrogen-bond acceptors (Lipinski definition) is 5. The van der Waals surface area contributed by atoms with Crippen LogP contribution in [0.1, 0.15) is 24.5 Å². The van der Waals surface area contributed by atoms with Crippen LogP contribution in [-0.2, 0) is 23.0 Å². The molecule has 0 fully saturated rings. The molecule has 6 nitrogen and oxygen atoms in total. The van der Waals surface area contributed by atoms with Gasteiger partial charge in [-0.3, -0.25) is 4.90 Å². The van der Waals surface area contributed by atoms with E-state index in [-0.39, 0.29) is 16.2 Å². The normalized spacial score (nSPS) is 18.7. The molecule has 0 bridgehead atoms. The number of hydrogen-bond donors (Lipinski definition) is 1. The van der Waals surface area contributed by atoms with Gasteiger partial charge in [0.25, 0.3) is 0 Å². The molecule has 156 valence electrons. The van der Waals surface area contributed by atoms with E-state index < -0.39 is 10.0 Å². The van der Waals surface area contributed by atoms with Crippen molar-refractivity contribution in [1.29, 1.82) is 0 Å². The number of benzene rings is 2. The second-order valence-electron chi connectivity index (χ2n) is 7.22. The summed E-state index contributed by atoms with van der Waals surface area (Å²) in [5.74, 6) is 1.61. The summed E-state index contributed by atoms with van der Waals surface area (Å²) in [6, 6.07) is 8.54. The first-order chi connectivity index (χ1) is 13.8. The molecular formula is C20H22Cl2N2O4S. The number of fused-ring (bicyclic) bond motifs is 2. The van der Waals surface area contributed by atoms with E-state index in [0.717, 1.165) is 37.6 Å². The molecule has 0 saturated heterocycles. The van der Waals surface area contributed by atoms with Gasteiger partial charge in [-0.2, -0.15) is 0 Å². The molecule has 0 spiro atoms. The summed E-state index contributed by atoms with van der Waals surface area (Å²) in [4.78, 5) is 2.32. The molecule has 2 heterocycles. The van der Waals surface area contributed by atoms with Crippen molar-refractivity contribution in [2.45, 2.75) is 37.5 Å². The Kier molecular flexibility index (Phi) is 5.95. The van der Waals surface area contributed by atoms with E-state index in [1.165, 1.54) is 23.3 Å². The maximum atomic E-state index is 12.5. The van der Waals surface area contributed by atoms with Gasteiger partial charge in [0.1, 0.15) is 4.90 Å². The van der Waals surface area contributed by atoms with E-state index in [2.05, 4.69) is 21.8 Å². The molecule has 1 unspecified atom stereocenters. The number of sulfonamides is 1. The van der Waals surface area contributed by atoms with Gasteiger partial charge >= 0.3 is 0 Å². The molecule has 0 aliphatic carbocycles. The van der Waals surface area contributed by atoms with Crippen molar-refractivity contribution in [3.8, 4) is 11.5 Å². The number of ether oxygens (including phenoxy) is 2. The highest BCUT2D eigenvalue weighted by Crippen LogP contribution is 2.38. The minimum absolute atomic E-state index is 0.00358. The Morgan fingerprint density at radius 2 is 1.86 bits per heavy atom. The zero-order chi connectivity index (χ0) is 20.6. The third-order valence-corrected chi connectivity index (χ3v) is 7.25. The molecule has 9 heteroatoms. The van der Waals surface area contributed by atoms with Crippen molar-refractivity contribution in [1.82, 2.24) is 9.62 Å². The van der Waals surface area contributed by atoms with Crippen LogP contribution in [0.2, 0.25) is 10.0 Å². The first-order valence-electron chi connectivity index (χ1n) is 9.48. The van der Waals surface area contributed by atoms with Crippen LogP contribution in [-0.4, -0.2) is 39.2 Å². The third kappa shape index (κ3) is 4.64. The second-order valence-corrected chi connectivity index (χ2v) is 9.80. The summed E-state index contributed by atoms with van der Waals surface area (Å²) in [5, 5.41) is 0.486. The predicted octanol–water partition coefficient (Wildman–Crippen LogP) is 3.84. The van der Waals surface area contributed by atoms with Crippen LogP contribution in [0.5, 0.6) is 11.5 Å². The van der Waals surface area contributed by atoms with E-state index in [1.807, 2.05) is 6.92 Å². The van der Waals surface area contributed by atoms with E-state index >= 15 is 0 Å². The van der Waals surface area contributed by atoms with Gasteiger partial charge in [-0.15, -0.1) is 0 Å². The summed E-state index contributed by atoms with van der Waals surface area (Å²) < 4.78 is 38.8. The fourth-order valence-corrected chi connectivity index (χ4v) is 5.48. The van der Waals surface area contributed by atoms with Gasteiger partial charge in [0.05, 0.1) is 5.02 Å². The molecule has 4 rings (SSSR count). The van der Waals surface area contributed by atoms with E-state index in [1.54, 1.807) is 6.07 Å². The molecule has 2 aromatic rings. The highest BCUT2D eigenvalue weighted by Gasteiger charge is 2.25. The molecule has 2 aromatic carbocycles. The Labute approximate surface area is 180 Å². The Hall–Kier alpha value is -1.51. The molecule has 0 aromatic heterocycles. The van der Waals surface area contributed by atoms with E-state index in [4.69, 9.17) is 32.7 Å². The quantitative estimate of drug-likeness (QED) is 0.668. The monoisotopic (exact) mass is 456 g/mol. The molecule has 0 amide bonds. The minimum Gasteiger partial charge on any atom is -0.451 e. The van der Waals surface area contributed by atoms with Crippen LogP contribution < -0.4 is 14.2 Å². The van der Waals surface area contributed by atoms with Gasteiger partial charge in [0, 0.05) is 31.6 Å². The fraction of sp³-hybridized carbons (Fsp3) is 0.400. The molecular weight excluding hydrogens is 435 g/mol. The number of nitrogens with one attached hydrogen (secondary N) is 1. The zero-order valence-corrected chi connectivity index (χ0v) is 18.3. The SMILES string of the molecule is CC1Oc2cc3c(cc2O1)CN(CCCNS(=O)(=O)c1cc(Cl)ccc1Cl)CC3. The van der Waals surface area contributed by atoms with Gasteiger partial charge in [-0.05, 0) is 60.8 Å². The number of halogens is 2. The zero-order valence-electron chi connectivity index (χ0n) is 16.0. The minimum atomic E-state index is -3.69. The predicted molar refractivity (Wildman–Crippen MR) is 112 cm³/mol. The fourth-order valence-electron chi connectivity index (χ4n) is 3.65. The molecule has 2 aliphatic heterocycles. The lowest BCUT2D eigenvalue weighted by Crippen LogP contribution is -2.33. The van der Waals surface area contributed by atoms with Crippen molar-refractivity contribution in [3.05, 3.63) is 51.5 Å². The van der Waals surface area contributed by atoms with Gasteiger partial charge in [-0.1, -0.05) is 23.2 Å². The first kappa shape index (κ1) is 20.8. The van der Waals surface area contributed by atoms with Crippen molar-refractivity contribution in [2.24, 2.45) is 0 Å². The van der Waals surface area contributed by atoms with Crippen LogP contribution in [0.4, 0.5) is 0 Å². The van der Waals surface area contributed by atoms with Crippen LogP contribution in [0, 0.1) is 0 Å². The molecule has 2 aliphatic rings. The Balaban J connectivity index is 1.31. The largest absolute Gasteiger partial charge is 0.451 e. The number of rotatable bonds is 6. The van der Waals surface area contributed by atoms with Crippen molar-refractivity contribution < 1.29 is 17.9 Å². The lowest BCUT2D eigenvalue weighted by atomic mass is 9.99. The van der Waals surface area contributed by atoms with Gasteiger partial charge in [0.15, 0.2) is 11.5 Å². The highest BCUT2D eigenvalue weighted by atomic mass is 35.5. The van der Waals surface area contributed by atoms with Crippen LogP contribution in [0.3, 0.4) is 0 Å². The standard InChI is InChI=1S/C20H22Cl2N2O4S/c1-13-27-18-9-14-5-8-24(12-15(14)10-19(18)28-13)7-2-6-23-29(25,26)20-11-16(21)3-4-17(20)22/h3-4,9-11,13,23H,2,5-8,12H2,1H3. The Morgan fingerprint density at radius 1 is 1.14 bits per heavy atom. The average Bonchev–Trinajstić information content (AvgIpc) is 3.03. The van der Waals surface area contributed by atoms with Crippen LogP contribution >= 0.6 is 23.2 Å². The lowest BCUT2D eigenvalue weighted by Gasteiger charge is -2.28. The smallest absolute Gasteiger partial charge is 0.242 e. The topological polar surface area (TPSA) is 67.9 Å². The summed E-state index contributed by atoms with van der Waals surface area (Å²) in [6.45, 7) is 4.73. The lowest BCUT2D eigenvalue weighted by molar-refractivity contribution is 0.0678. The Morgan fingerprint density at radius 3 is 2.62 bits per heavy atom. The summed E-state index contributed by atoms with van der Waals surface area (Å²) in [7, 11) is -3.69. The van der Waals surface area contributed by atoms with Crippen molar-refractivity contribution >= 4 is 33.2 Å². The van der Waals surface area contributed by atoms with E-state index in [9.17, 15) is 8.42 Å². The molecule has 1 atom stereocenters. The van der Waals surface area contributed by atoms with Gasteiger partial charge < -0.3 is 9.47 Å². The summed E-state index contributed by atoms with van der Waals surface area (Å²) in [6.07, 6.45) is 1.38. The highest BCUT2D eigenvalue weighted by molar-refractivity contribution is 7.89. The third-order valence-electron chi connectivity index (χ3n) is 5.07. The second kappa shape index (κ2) is 8.32. The summed E-state index contributed by atoms with van der Waals surface area (Å²) in [5.41, 5.74) is 2.52. The van der Waals surface area contributed by atoms with Crippen LogP contribution in [0.25, 0.3) is 0 Å². The van der Waals surface area contributed by atoms with E-state index in [0.29, 0.717) is 18.0 Å². The number of nitrogens with zero attached hydrogens (tertiary/aromatic N) is 1.